The molecule has 1 saturated heterocycles. The second kappa shape index (κ2) is 4.85. The lowest BCUT2D eigenvalue weighted by Gasteiger charge is -2.31. The number of nitrogens with two attached hydrogens (primary N) is 1. The van der Waals surface area contributed by atoms with Crippen molar-refractivity contribution in [1.29, 1.82) is 0 Å². The van der Waals surface area contributed by atoms with Crippen LogP contribution in [0.4, 0.5) is 20.2 Å². The molecule has 1 aromatic rings. The number of hydrogen-bond acceptors (Lipinski definition) is 4. The van der Waals surface area contributed by atoms with E-state index in [-0.39, 0.29) is 11.7 Å². The van der Waals surface area contributed by atoms with Crippen molar-refractivity contribution >= 4 is 11.4 Å². The van der Waals surface area contributed by atoms with Gasteiger partial charge in [-0.15, -0.1) is 0 Å². The smallest absolute Gasteiger partial charge is 0.328 e. The Morgan fingerprint density at radius 3 is 2.50 bits per heavy atom. The second-order valence-corrected chi connectivity index (χ2v) is 4.34. The zero-order chi connectivity index (χ0) is 13.3. The predicted molar refractivity (Wildman–Crippen MR) is 62.4 cm³/mol. The van der Waals surface area contributed by atoms with Crippen LogP contribution in [0.1, 0.15) is 12.8 Å². The van der Waals surface area contributed by atoms with E-state index in [1.807, 2.05) is 0 Å². The average Bonchev–Trinajstić information content (AvgIpc) is 2.28. The maximum Gasteiger partial charge on any atom is 0.328 e. The quantitative estimate of drug-likeness (QED) is 0.647. The normalized spacial score (nSPS) is 16.9. The summed E-state index contributed by atoms with van der Waals surface area (Å²) in [6.07, 6.45) is 1.30. The monoisotopic (exact) mass is 257 g/mol. The van der Waals surface area contributed by atoms with Crippen molar-refractivity contribution < 1.29 is 13.7 Å². The third-order valence-corrected chi connectivity index (χ3v) is 3.07. The van der Waals surface area contributed by atoms with E-state index in [4.69, 9.17) is 5.73 Å². The molecule has 1 aliphatic heterocycles. The van der Waals surface area contributed by atoms with E-state index in [1.54, 1.807) is 4.90 Å². The fraction of sp³-hybridized carbons (Fsp3) is 0.455. The fourth-order valence-corrected chi connectivity index (χ4v) is 2.11. The van der Waals surface area contributed by atoms with Crippen molar-refractivity contribution in [2.45, 2.75) is 18.9 Å². The Balaban J connectivity index is 2.39. The van der Waals surface area contributed by atoms with Gasteiger partial charge in [-0.3, -0.25) is 10.1 Å². The van der Waals surface area contributed by atoms with Gasteiger partial charge < -0.3 is 10.6 Å². The molecule has 0 aliphatic carbocycles. The first-order chi connectivity index (χ1) is 8.49. The summed E-state index contributed by atoms with van der Waals surface area (Å²) < 4.78 is 26.6. The van der Waals surface area contributed by atoms with Gasteiger partial charge in [0.1, 0.15) is 11.5 Å². The molecule has 0 saturated carbocycles. The van der Waals surface area contributed by atoms with Gasteiger partial charge in [-0.2, -0.15) is 4.39 Å². The summed E-state index contributed by atoms with van der Waals surface area (Å²) >= 11 is 0. The number of halogens is 2. The Bertz CT molecular complexity index is 474. The molecule has 0 radical (unpaired) electrons. The van der Waals surface area contributed by atoms with Crippen LogP contribution in [0.15, 0.2) is 12.1 Å². The molecule has 0 amide bonds. The number of nitro benzene ring substituents is 1. The number of hydrogen-bond donors (Lipinski definition) is 1. The Kier molecular flexibility index (Phi) is 3.42. The third-order valence-electron chi connectivity index (χ3n) is 3.07. The molecule has 98 valence electrons. The van der Waals surface area contributed by atoms with Gasteiger partial charge in [-0.25, -0.2) is 4.39 Å². The maximum atomic E-state index is 13.5. The predicted octanol–water partition coefficient (Wildman–Crippen LogP) is 1.80. The first-order valence-corrected chi connectivity index (χ1v) is 5.63. The molecule has 5 nitrogen and oxygen atoms in total. The van der Waals surface area contributed by atoms with E-state index in [0.717, 1.165) is 6.07 Å². The van der Waals surface area contributed by atoms with Crippen LogP contribution in [0.2, 0.25) is 0 Å². The molecule has 7 heteroatoms. The van der Waals surface area contributed by atoms with E-state index in [0.29, 0.717) is 32.0 Å². The molecular weight excluding hydrogens is 244 g/mol. The summed E-state index contributed by atoms with van der Waals surface area (Å²) in [6, 6.07) is 1.56. The minimum Gasteiger partial charge on any atom is -0.366 e. The standard InChI is InChI=1S/C11H13F2N3O2/c12-7-5-9(13)11(16(17)18)10(6-7)15-3-1-8(14)2-4-15/h5-6,8H,1-4,14H2. The minimum atomic E-state index is -1.15. The summed E-state index contributed by atoms with van der Waals surface area (Å²) in [7, 11) is 0. The van der Waals surface area contributed by atoms with E-state index >= 15 is 0 Å². The van der Waals surface area contributed by atoms with Gasteiger partial charge in [-0.1, -0.05) is 0 Å². The molecule has 0 aromatic heterocycles. The first kappa shape index (κ1) is 12.7. The van der Waals surface area contributed by atoms with Gasteiger partial charge in [-0.05, 0) is 12.8 Å². The van der Waals surface area contributed by atoms with Crippen molar-refractivity contribution in [3.8, 4) is 0 Å². The molecule has 1 aliphatic rings. The number of rotatable bonds is 2. The molecule has 1 heterocycles. The number of anilines is 1. The summed E-state index contributed by atoms with van der Waals surface area (Å²) in [5.74, 6) is -1.96. The van der Waals surface area contributed by atoms with E-state index in [2.05, 4.69) is 0 Å². The highest BCUT2D eigenvalue weighted by Gasteiger charge is 2.28. The summed E-state index contributed by atoms with van der Waals surface area (Å²) in [6.45, 7) is 0.926. The number of piperidine rings is 1. The molecule has 0 atom stereocenters. The molecule has 2 N–H and O–H groups in total. The Labute approximate surface area is 102 Å². The zero-order valence-electron chi connectivity index (χ0n) is 9.60. The minimum absolute atomic E-state index is 0.00981. The lowest BCUT2D eigenvalue weighted by molar-refractivity contribution is -0.386. The SMILES string of the molecule is NC1CCN(c2cc(F)cc(F)c2[N+](=O)[O-])CC1. The van der Waals surface area contributed by atoms with Crippen LogP contribution < -0.4 is 10.6 Å². The number of nitro groups is 1. The van der Waals surface area contributed by atoms with Crippen molar-refractivity contribution in [1.82, 2.24) is 0 Å². The van der Waals surface area contributed by atoms with Gasteiger partial charge in [0.25, 0.3) is 0 Å². The van der Waals surface area contributed by atoms with Crippen LogP contribution in [0.25, 0.3) is 0 Å². The van der Waals surface area contributed by atoms with E-state index in [9.17, 15) is 18.9 Å². The highest BCUT2D eigenvalue weighted by molar-refractivity contribution is 5.64. The third kappa shape index (κ3) is 2.40. The second-order valence-electron chi connectivity index (χ2n) is 4.34. The fourth-order valence-electron chi connectivity index (χ4n) is 2.11. The molecular formula is C11H13F2N3O2. The van der Waals surface area contributed by atoms with Crippen molar-refractivity contribution in [2.75, 3.05) is 18.0 Å². The molecule has 0 bridgehead atoms. The average molecular weight is 257 g/mol. The largest absolute Gasteiger partial charge is 0.366 e. The van der Waals surface area contributed by atoms with Gasteiger partial charge in [0.15, 0.2) is 0 Å². The van der Waals surface area contributed by atoms with Gasteiger partial charge in [0.2, 0.25) is 5.82 Å². The van der Waals surface area contributed by atoms with Crippen molar-refractivity contribution in [3.63, 3.8) is 0 Å². The summed E-state index contributed by atoms with van der Waals surface area (Å²) in [5, 5.41) is 10.9. The van der Waals surface area contributed by atoms with Gasteiger partial charge in [0.05, 0.1) is 4.92 Å². The van der Waals surface area contributed by atoms with Crippen molar-refractivity contribution in [2.24, 2.45) is 5.73 Å². The topological polar surface area (TPSA) is 72.4 Å². The lowest BCUT2D eigenvalue weighted by atomic mass is 10.0. The number of nitrogens with zero attached hydrogens (tertiary/aromatic N) is 2. The van der Waals surface area contributed by atoms with Crippen LogP contribution in [0, 0.1) is 21.7 Å². The van der Waals surface area contributed by atoms with Crippen LogP contribution in [0.3, 0.4) is 0 Å². The van der Waals surface area contributed by atoms with Gasteiger partial charge in [0, 0.05) is 31.3 Å². The van der Waals surface area contributed by atoms with Crippen LogP contribution in [-0.2, 0) is 0 Å². The van der Waals surface area contributed by atoms with Crippen molar-refractivity contribution in [3.05, 3.63) is 33.9 Å². The summed E-state index contributed by atoms with van der Waals surface area (Å²) in [4.78, 5) is 11.6. The lowest BCUT2D eigenvalue weighted by Crippen LogP contribution is -2.40. The highest BCUT2D eigenvalue weighted by atomic mass is 19.1. The Morgan fingerprint density at radius 1 is 1.33 bits per heavy atom. The molecule has 2 rings (SSSR count). The molecule has 1 aromatic carbocycles. The highest BCUT2D eigenvalue weighted by Crippen LogP contribution is 2.33. The van der Waals surface area contributed by atoms with Crippen LogP contribution in [0.5, 0.6) is 0 Å². The zero-order valence-corrected chi connectivity index (χ0v) is 9.60. The first-order valence-electron chi connectivity index (χ1n) is 5.63. The van der Waals surface area contributed by atoms with E-state index in [1.165, 1.54) is 0 Å². The van der Waals surface area contributed by atoms with Crippen LogP contribution in [-0.4, -0.2) is 24.1 Å². The molecule has 18 heavy (non-hydrogen) atoms. The molecule has 1 fully saturated rings. The van der Waals surface area contributed by atoms with Crippen LogP contribution >= 0.6 is 0 Å². The Hall–Kier alpha value is -1.76. The number of benzene rings is 1. The molecule has 0 unspecified atom stereocenters. The Morgan fingerprint density at radius 2 is 1.94 bits per heavy atom. The van der Waals surface area contributed by atoms with E-state index < -0.39 is 22.2 Å². The van der Waals surface area contributed by atoms with Gasteiger partial charge >= 0.3 is 5.69 Å². The summed E-state index contributed by atoms with van der Waals surface area (Å²) in [5.41, 5.74) is 5.04. The maximum absolute atomic E-state index is 13.5. The molecule has 0 spiro atoms.